The Bertz CT molecular complexity index is 380. The van der Waals surface area contributed by atoms with Crippen LogP contribution in [0, 0.1) is 5.41 Å². The van der Waals surface area contributed by atoms with Gasteiger partial charge in [-0.05, 0) is 43.7 Å². The summed E-state index contributed by atoms with van der Waals surface area (Å²) in [5.41, 5.74) is 0.456. The van der Waals surface area contributed by atoms with Gasteiger partial charge in [0.2, 0.25) is 0 Å². The van der Waals surface area contributed by atoms with Gasteiger partial charge >= 0.3 is 0 Å². The first-order valence-corrected chi connectivity index (χ1v) is 8.19. The van der Waals surface area contributed by atoms with Crippen LogP contribution in [-0.2, 0) is 6.42 Å². The van der Waals surface area contributed by atoms with E-state index in [1.807, 2.05) is 11.3 Å². The molecule has 2 unspecified atom stereocenters. The summed E-state index contributed by atoms with van der Waals surface area (Å²) in [6, 6.07) is 5.76. The van der Waals surface area contributed by atoms with E-state index < -0.39 is 0 Å². The van der Waals surface area contributed by atoms with E-state index in [0.29, 0.717) is 17.5 Å². The average molecular weight is 265 g/mol. The van der Waals surface area contributed by atoms with Gasteiger partial charge < -0.3 is 5.32 Å². The van der Waals surface area contributed by atoms with Crippen LogP contribution in [0.25, 0.3) is 0 Å². The highest BCUT2D eigenvalue weighted by Crippen LogP contribution is 2.37. The van der Waals surface area contributed by atoms with E-state index in [9.17, 15) is 0 Å². The van der Waals surface area contributed by atoms with Gasteiger partial charge in [-0.1, -0.05) is 33.6 Å². The van der Waals surface area contributed by atoms with Crippen LogP contribution in [0.2, 0.25) is 0 Å². The third-order valence-corrected chi connectivity index (χ3v) is 5.83. The second kappa shape index (κ2) is 5.75. The van der Waals surface area contributed by atoms with E-state index in [1.165, 1.54) is 35.4 Å². The predicted octanol–water partition coefficient (Wildman–Crippen LogP) is 4.93. The van der Waals surface area contributed by atoms with Crippen LogP contribution in [0.4, 0.5) is 0 Å². The van der Waals surface area contributed by atoms with Crippen LogP contribution in [0.1, 0.15) is 69.2 Å². The number of nitrogens with one attached hydrogen (secondary N) is 1. The summed E-state index contributed by atoms with van der Waals surface area (Å²) in [5.74, 6) is 0. The second-order valence-electron chi connectivity index (χ2n) is 6.33. The van der Waals surface area contributed by atoms with Crippen LogP contribution in [-0.4, -0.2) is 6.04 Å². The van der Waals surface area contributed by atoms with Gasteiger partial charge in [-0.2, -0.15) is 0 Å². The van der Waals surface area contributed by atoms with E-state index >= 15 is 0 Å². The minimum atomic E-state index is 0.456. The molecule has 2 atom stereocenters. The molecule has 2 heteroatoms. The quantitative estimate of drug-likeness (QED) is 0.814. The molecule has 1 fully saturated rings. The van der Waals surface area contributed by atoms with Gasteiger partial charge in [-0.15, -0.1) is 11.3 Å². The molecule has 1 aromatic rings. The fourth-order valence-electron chi connectivity index (χ4n) is 3.00. The topological polar surface area (TPSA) is 12.0 Å². The molecule has 0 amide bonds. The Kier molecular flexibility index (Phi) is 4.50. The minimum Gasteiger partial charge on any atom is -0.306 e. The Balaban J connectivity index is 1.99. The fraction of sp³-hybridized carbons (Fsp3) is 0.750. The zero-order valence-corrected chi connectivity index (χ0v) is 13.1. The Morgan fingerprint density at radius 3 is 2.78 bits per heavy atom. The highest BCUT2D eigenvalue weighted by molar-refractivity contribution is 7.12. The molecule has 1 saturated carbocycles. The first kappa shape index (κ1) is 14.1. The summed E-state index contributed by atoms with van der Waals surface area (Å²) in [6.45, 7) is 9.39. The molecule has 1 aromatic heterocycles. The maximum Gasteiger partial charge on any atom is 0.0388 e. The van der Waals surface area contributed by atoms with Crippen LogP contribution >= 0.6 is 11.3 Å². The van der Waals surface area contributed by atoms with Crippen molar-refractivity contribution in [2.24, 2.45) is 5.41 Å². The molecule has 1 N–H and O–H groups in total. The molecule has 102 valence electrons. The van der Waals surface area contributed by atoms with Crippen molar-refractivity contribution >= 4 is 11.3 Å². The summed E-state index contributed by atoms with van der Waals surface area (Å²) in [6.07, 6.45) is 6.65. The summed E-state index contributed by atoms with van der Waals surface area (Å²) in [4.78, 5) is 3.00. The number of hydrogen-bond acceptors (Lipinski definition) is 2. The monoisotopic (exact) mass is 265 g/mol. The van der Waals surface area contributed by atoms with Crippen molar-refractivity contribution in [2.45, 2.75) is 71.9 Å². The van der Waals surface area contributed by atoms with Gasteiger partial charge in [-0.25, -0.2) is 0 Å². The first-order chi connectivity index (χ1) is 8.53. The molecule has 1 heterocycles. The first-order valence-electron chi connectivity index (χ1n) is 7.37. The van der Waals surface area contributed by atoms with Gasteiger partial charge in [0.05, 0.1) is 0 Å². The Labute approximate surface area is 116 Å². The lowest BCUT2D eigenvalue weighted by Crippen LogP contribution is -2.44. The largest absolute Gasteiger partial charge is 0.306 e. The normalized spacial score (nSPS) is 25.0. The lowest BCUT2D eigenvalue weighted by atomic mass is 9.73. The second-order valence-corrected chi connectivity index (χ2v) is 7.53. The lowest BCUT2D eigenvalue weighted by molar-refractivity contribution is 0.158. The zero-order chi connectivity index (χ0) is 13.2. The van der Waals surface area contributed by atoms with Crippen LogP contribution in [0.15, 0.2) is 12.1 Å². The molecular weight excluding hydrogens is 238 g/mol. The van der Waals surface area contributed by atoms with Crippen molar-refractivity contribution < 1.29 is 0 Å². The molecule has 0 bridgehead atoms. The standard InChI is InChI=1S/C16H27NS/c1-5-13-9-10-14(18-13)12(2)17-15-8-6-7-11-16(15,3)4/h9-10,12,15,17H,5-8,11H2,1-4H3. The van der Waals surface area contributed by atoms with E-state index in [4.69, 9.17) is 0 Å². The average Bonchev–Trinajstić information content (AvgIpc) is 2.80. The highest BCUT2D eigenvalue weighted by Gasteiger charge is 2.32. The third-order valence-electron chi connectivity index (χ3n) is 4.42. The third kappa shape index (κ3) is 3.16. The van der Waals surface area contributed by atoms with Gasteiger partial charge in [0.1, 0.15) is 0 Å². The number of hydrogen-bond donors (Lipinski definition) is 1. The fourth-order valence-corrected chi connectivity index (χ4v) is 3.97. The van der Waals surface area contributed by atoms with E-state index in [0.717, 1.165) is 6.42 Å². The Hall–Kier alpha value is -0.340. The smallest absolute Gasteiger partial charge is 0.0388 e. The van der Waals surface area contributed by atoms with Crippen molar-refractivity contribution in [3.63, 3.8) is 0 Å². The Morgan fingerprint density at radius 2 is 2.17 bits per heavy atom. The van der Waals surface area contributed by atoms with Gasteiger partial charge in [-0.3, -0.25) is 0 Å². The van der Waals surface area contributed by atoms with Crippen molar-refractivity contribution in [3.05, 3.63) is 21.9 Å². The van der Waals surface area contributed by atoms with Gasteiger partial charge in [0, 0.05) is 21.8 Å². The molecule has 2 rings (SSSR count). The summed E-state index contributed by atoms with van der Waals surface area (Å²) in [7, 11) is 0. The maximum atomic E-state index is 3.87. The van der Waals surface area contributed by atoms with Crippen molar-refractivity contribution in [1.29, 1.82) is 0 Å². The van der Waals surface area contributed by atoms with Gasteiger partial charge in [0.25, 0.3) is 0 Å². The number of rotatable bonds is 4. The van der Waals surface area contributed by atoms with E-state index in [1.54, 1.807) is 0 Å². The summed E-state index contributed by atoms with van der Waals surface area (Å²) in [5, 5.41) is 3.87. The molecule has 1 aliphatic rings. The van der Waals surface area contributed by atoms with Crippen LogP contribution in [0.3, 0.4) is 0 Å². The maximum absolute atomic E-state index is 3.87. The molecule has 0 spiro atoms. The van der Waals surface area contributed by atoms with Gasteiger partial charge in [0.15, 0.2) is 0 Å². The van der Waals surface area contributed by atoms with Crippen molar-refractivity contribution in [2.75, 3.05) is 0 Å². The van der Waals surface area contributed by atoms with Crippen molar-refractivity contribution in [3.8, 4) is 0 Å². The van der Waals surface area contributed by atoms with Crippen LogP contribution < -0.4 is 5.32 Å². The molecular formula is C16H27NS. The molecule has 1 aliphatic carbocycles. The molecule has 0 aliphatic heterocycles. The molecule has 1 nitrogen and oxygen atoms in total. The minimum absolute atomic E-state index is 0.456. The molecule has 0 radical (unpaired) electrons. The van der Waals surface area contributed by atoms with Crippen LogP contribution in [0.5, 0.6) is 0 Å². The van der Waals surface area contributed by atoms with E-state index in [-0.39, 0.29) is 0 Å². The molecule has 18 heavy (non-hydrogen) atoms. The summed E-state index contributed by atoms with van der Waals surface area (Å²) >= 11 is 1.97. The molecule has 0 aromatic carbocycles. The summed E-state index contributed by atoms with van der Waals surface area (Å²) < 4.78 is 0. The molecule has 0 saturated heterocycles. The SMILES string of the molecule is CCc1ccc(C(C)NC2CCCCC2(C)C)s1. The predicted molar refractivity (Wildman–Crippen MR) is 81.3 cm³/mol. The lowest BCUT2D eigenvalue weighted by Gasteiger charge is -2.40. The Morgan fingerprint density at radius 1 is 1.39 bits per heavy atom. The number of thiophene rings is 1. The van der Waals surface area contributed by atoms with E-state index in [2.05, 4.69) is 45.1 Å². The van der Waals surface area contributed by atoms with Crippen molar-refractivity contribution in [1.82, 2.24) is 5.32 Å². The zero-order valence-electron chi connectivity index (χ0n) is 12.3. The highest BCUT2D eigenvalue weighted by atomic mass is 32.1. The number of aryl methyl sites for hydroxylation is 1.